The predicted molar refractivity (Wildman–Crippen MR) is 34.1 cm³/mol. The lowest BCUT2D eigenvalue weighted by molar-refractivity contribution is 0.171. The van der Waals surface area contributed by atoms with E-state index in [2.05, 4.69) is 10.1 Å². The van der Waals surface area contributed by atoms with Gasteiger partial charge in [0.15, 0.2) is 0 Å². The van der Waals surface area contributed by atoms with Crippen molar-refractivity contribution in [3.8, 4) is 0 Å². The maximum Gasteiger partial charge on any atom is 0.406 e. The van der Waals surface area contributed by atoms with Crippen LogP contribution in [0.1, 0.15) is 6.42 Å². The lowest BCUT2D eigenvalue weighted by Gasteiger charge is -1.99. The van der Waals surface area contributed by atoms with Gasteiger partial charge < -0.3 is 15.8 Å². The van der Waals surface area contributed by atoms with Crippen molar-refractivity contribution in [1.82, 2.24) is 5.32 Å². The number of alkyl carbamates (subject to hydrolysis) is 1. The van der Waals surface area contributed by atoms with Crippen molar-refractivity contribution in [3.63, 3.8) is 0 Å². The van der Waals surface area contributed by atoms with E-state index in [0.29, 0.717) is 13.1 Å². The molecule has 3 N–H and O–H groups in total. The normalized spacial score (nSPS) is 8.67. The first-order valence-corrected chi connectivity index (χ1v) is 2.83. The van der Waals surface area contributed by atoms with Crippen molar-refractivity contribution < 1.29 is 9.53 Å². The molecule has 0 rings (SSSR count). The number of rotatable bonds is 3. The largest absolute Gasteiger partial charge is 0.453 e. The van der Waals surface area contributed by atoms with Crippen molar-refractivity contribution >= 4 is 6.09 Å². The van der Waals surface area contributed by atoms with E-state index in [4.69, 9.17) is 5.73 Å². The highest BCUT2D eigenvalue weighted by atomic mass is 16.5. The first-order valence-electron chi connectivity index (χ1n) is 2.83. The second kappa shape index (κ2) is 5.37. The number of carbonyl (C=O) groups is 1. The van der Waals surface area contributed by atoms with E-state index < -0.39 is 6.09 Å². The Balaban J connectivity index is 2.97. The van der Waals surface area contributed by atoms with E-state index in [9.17, 15) is 4.79 Å². The fraction of sp³-hybridized carbons (Fsp3) is 0.800. The zero-order valence-corrected chi connectivity index (χ0v) is 5.52. The highest BCUT2D eigenvalue weighted by molar-refractivity contribution is 5.66. The predicted octanol–water partition coefficient (Wildman–Crippen LogP) is -0.309. The smallest absolute Gasteiger partial charge is 0.406 e. The standard InChI is InChI=1S/C5H12N2O2/c1-9-5(8)7-4-2-3-6/h2-4,6H2,1H3,(H,7,8). The lowest BCUT2D eigenvalue weighted by Crippen LogP contribution is -2.25. The molecule has 4 heteroatoms. The van der Waals surface area contributed by atoms with Crippen molar-refractivity contribution in [3.05, 3.63) is 0 Å². The molecule has 0 aromatic carbocycles. The van der Waals surface area contributed by atoms with Crippen molar-refractivity contribution in [2.45, 2.75) is 6.42 Å². The van der Waals surface area contributed by atoms with Gasteiger partial charge in [-0.25, -0.2) is 4.79 Å². The number of nitrogens with one attached hydrogen (secondary N) is 1. The fourth-order valence-corrected chi connectivity index (χ4v) is 0.365. The van der Waals surface area contributed by atoms with Crippen LogP contribution in [0.2, 0.25) is 0 Å². The summed E-state index contributed by atoms with van der Waals surface area (Å²) in [5.41, 5.74) is 5.16. The molecule has 0 aromatic rings. The third-order valence-corrected chi connectivity index (χ3v) is 0.836. The zero-order chi connectivity index (χ0) is 7.11. The van der Waals surface area contributed by atoms with Gasteiger partial charge in [-0.3, -0.25) is 0 Å². The molecule has 0 saturated carbocycles. The highest BCUT2D eigenvalue weighted by Crippen LogP contribution is 1.72. The van der Waals surface area contributed by atoms with E-state index >= 15 is 0 Å². The molecule has 0 aliphatic carbocycles. The Morgan fingerprint density at radius 2 is 2.44 bits per heavy atom. The van der Waals surface area contributed by atoms with Crippen molar-refractivity contribution in [2.75, 3.05) is 20.2 Å². The van der Waals surface area contributed by atoms with Crippen LogP contribution >= 0.6 is 0 Å². The van der Waals surface area contributed by atoms with Gasteiger partial charge in [0, 0.05) is 6.54 Å². The molecule has 0 aliphatic rings. The van der Waals surface area contributed by atoms with Gasteiger partial charge in [-0.1, -0.05) is 0 Å². The Labute approximate surface area is 54.4 Å². The summed E-state index contributed by atoms with van der Waals surface area (Å²) in [6.07, 6.45) is 0.387. The van der Waals surface area contributed by atoms with Crippen LogP contribution in [0.3, 0.4) is 0 Å². The summed E-state index contributed by atoms with van der Waals surface area (Å²) < 4.78 is 4.31. The number of carbonyl (C=O) groups excluding carboxylic acids is 1. The molecule has 0 heterocycles. The van der Waals surface area contributed by atoms with Gasteiger partial charge in [-0.2, -0.15) is 0 Å². The van der Waals surface area contributed by atoms with Gasteiger partial charge in [-0.15, -0.1) is 0 Å². The van der Waals surface area contributed by atoms with Crippen molar-refractivity contribution in [2.24, 2.45) is 5.73 Å². The molecule has 0 spiro atoms. The molecule has 0 aromatic heterocycles. The molecule has 0 bridgehead atoms. The topological polar surface area (TPSA) is 64.3 Å². The molecule has 1 amide bonds. The molecule has 0 aliphatic heterocycles. The molecule has 0 fully saturated rings. The molecule has 4 nitrogen and oxygen atoms in total. The molecule has 0 saturated heterocycles. The summed E-state index contributed by atoms with van der Waals surface area (Å²) in [6, 6.07) is 0. The number of hydrogen-bond donors (Lipinski definition) is 2. The SMILES string of the molecule is COC(=O)NCCCN. The minimum absolute atomic E-state index is 0.400. The van der Waals surface area contributed by atoms with Crippen LogP contribution in [-0.4, -0.2) is 26.3 Å². The molecule has 0 radical (unpaired) electrons. The van der Waals surface area contributed by atoms with E-state index in [-0.39, 0.29) is 0 Å². The summed E-state index contributed by atoms with van der Waals surface area (Å²) in [5, 5.41) is 2.49. The maximum atomic E-state index is 10.3. The maximum absolute atomic E-state index is 10.3. The quantitative estimate of drug-likeness (QED) is 0.518. The first kappa shape index (κ1) is 8.23. The summed E-state index contributed by atoms with van der Waals surface area (Å²) in [5.74, 6) is 0. The van der Waals surface area contributed by atoms with Crippen LogP contribution in [-0.2, 0) is 4.74 Å². The number of nitrogens with two attached hydrogens (primary N) is 1. The van der Waals surface area contributed by atoms with E-state index in [1.54, 1.807) is 0 Å². The van der Waals surface area contributed by atoms with Crippen molar-refractivity contribution in [1.29, 1.82) is 0 Å². The number of hydrogen-bond acceptors (Lipinski definition) is 3. The molecule has 54 valence electrons. The van der Waals surface area contributed by atoms with Gasteiger partial charge in [0.2, 0.25) is 0 Å². The lowest BCUT2D eigenvalue weighted by atomic mass is 10.4. The average molecular weight is 132 g/mol. The van der Waals surface area contributed by atoms with E-state index in [1.165, 1.54) is 7.11 Å². The van der Waals surface area contributed by atoms with Crippen LogP contribution in [0.5, 0.6) is 0 Å². The van der Waals surface area contributed by atoms with E-state index in [0.717, 1.165) is 6.42 Å². The third kappa shape index (κ3) is 5.10. The van der Waals surface area contributed by atoms with Crippen LogP contribution in [0.4, 0.5) is 4.79 Å². The van der Waals surface area contributed by atoms with Crippen LogP contribution in [0, 0.1) is 0 Å². The number of amides is 1. The molecule has 9 heavy (non-hydrogen) atoms. The minimum Gasteiger partial charge on any atom is -0.453 e. The monoisotopic (exact) mass is 132 g/mol. The van der Waals surface area contributed by atoms with Gasteiger partial charge in [0.05, 0.1) is 7.11 Å². The molecular formula is C5H12N2O2. The van der Waals surface area contributed by atoms with Crippen LogP contribution in [0.25, 0.3) is 0 Å². The Hall–Kier alpha value is -0.770. The third-order valence-electron chi connectivity index (χ3n) is 0.836. The van der Waals surface area contributed by atoms with Gasteiger partial charge in [-0.05, 0) is 13.0 Å². The molecule has 0 atom stereocenters. The number of methoxy groups -OCH3 is 1. The Morgan fingerprint density at radius 1 is 1.78 bits per heavy atom. The summed E-state index contributed by atoms with van der Waals surface area (Å²) in [4.78, 5) is 10.3. The van der Waals surface area contributed by atoms with Crippen LogP contribution in [0.15, 0.2) is 0 Å². The van der Waals surface area contributed by atoms with Gasteiger partial charge >= 0.3 is 6.09 Å². The first-order chi connectivity index (χ1) is 4.31. The number of ether oxygens (including phenoxy) is 1. The Morgan fingerprint density at radius 3 is 2.89 bits per heavy atom. The van der Waals surface area contributed by atoms with Crippen LogP contribution < -0.4 is 11.1 Å². The zero-order valence-electron chi connectivity index (χ0n) is 5.52. The Bertz CT molecular complexity index is 85.0. The summed E-state index contributed by atoms with van der Waals surface area (Å²) in [7, 11) is 1.33. The average Bonchev–Trinajstić information content (AvgIpc) is 1.89. The fourth-order valence-electron chi connectivity index (χ4n) is 0.365. The summed E-state index contributed by atoms with van der Waals surface area (Å²) in [6.45, 7) is 1.17. The highest BCUT2D eigenvalue weighted by Gasteiger charge is 1.93. The van der Waals surface area contributed by atoms with Gasteiger partial charge in [0.25, 0.3) is 0 Å². The van der Waals surface area contributed by atoms with Gasteiger partial charge in [0.1, 0.15) is 0 Å². The molecule has 0 unspecified atom stereocenters. The minimum atomic E-state index is -0.400. The second-order valence-electron chi connectivity index (χ2n) is 1.56. The Kier molecular flexibility index (Phi) is 4.91. The summed E-state index contributed by atoms with van der Waals surface area (Å²) >= 11 is 0. The second-order valence-corrected chi connectivity index (χ2v) is 1.56. The van der Waals surface area contributed by atoms with E-state index in [1.807, 2.05) is 0 Å². The molecular weight excluding hydrogens is 120 g/mol.